The fourth-order valence-electron chi connectivity index (χ4n) is 1.52. The first-order valence-corrected chi connectivity index (χ1v) is 5.67. The lowest BCUT2D eigenvalue weighted by Crippen LogP contribution is -2.28. The number of benzene rings is 1. The quantitative estimate of drug-likeness (QED) is 0.632. The molecule has 102 valence electrons. The van der Waals surface area contributed by atoms with E-state index in [9.17, 15) is 13.2 Å². The predicted molar refractivity (Wildman–Crippen MR) is 65.6 cm³/mol. The number of nitrogen functional groups attached to an aromatic ring is 1. The average Bonchev–Trinajstić information content (AvgIpc) is 2.29. The molecule has 2 N–H and O–H groups in total. The van der Waals surface area contributed by atoms with Crippen LogP contribution in [0.5, 0.6) is 0 Å². The molecule has 0 unspecified atom stereocenters. The van der Waals surface area contributed by atoms with Crippen LogP contribution >= 0.6 is 0 Å². The van der Waals surface area contributed by atoms with Crippen molar-refractivity contribution >= 4 is 11.4 Å². The van der Waals surface area contributed by atoms with Crippen LogP contribution in [0.2, 0.25) is 0 Å². The molecule has 0 aliphatic rings. The van der Waals surface area contributed by atoms with E-state index in [1.165, 1.54) is 0 Å². The van der Waals surface area contributed by atoms with Crippen molar-refractivity contribution in [3.05, 3.63) is 24.3 Å². The standard InChI is InChI=1S/C12H17F3N2O/c1-2-17(7-8-18-9-12(13,14)15)11-5-3-10(16)4-6-11/h3-6H,2,7-9,16H2,1H3. The van der Waals surface area contributed by atoms with E-state index in [4.69, 9.17) is 5.73 Å². The molecule has 0 aromatic heterocycles. The van der Waals surface area contributed by atoms with Gasteiger partial charge in [-0.2, -0.15) is 13.2 Å². The Kier molecular flexibility index (Phi) is 5.27. The molecule has 0 radical (unpaired) electrons. The highest BCUT2D eigenvalue weighted by atomic mass is 19.4. The Morgan fingerprint density at radius 1 is 1.22 bits per heavy atom. The summed E-state index contributed by atoms with van der Waals surface area (Å²) in [5.74, 6) is 0. The van der Waals surface area contributed by atoms with Gasteiger partial charge in [0.2, 0.25) is 0 Å². The molecule has 18 heavy (non-hydrogen) atoms. The van der Waals surface area contributed by atoms with E-state index in [1.54, 1.807) is 12.1 Å². The molecule has 0 heterocycles. The number of rotatable bonds is 6. The first-order chi connectivity index (χ1) is 8.42. The van der Waals surface area contributed by atoms with Gasteiger partial charge in [0.05, 0.1) is 6.61 Å². The molecule has 0 aliphatic heterocycles. The number of hydrogen-bond donors (Lipinski definition) is 1. The summed E-state index contributed by atoms with van der Waals surface area (Å²) >= 11 is 0. The Hall–Kier alpha value is -1.43. The molecular weight excluding hydrogens is 245 g/mol. The number of nitrogens with zero attached hydrogens (tertiary/aromatic N) is 1. The molecule has 0 aliphatic carbocycles. The van der Waals surface area contributed by atoms with Crippen LogP contribution in [0, 0.1) is 0 Å². The van der Waals surface area contributed by atoms with Gasteiger partial charge < -0.3 is 15.4 Å². The Morgan fingerprint density at radius 3 is 2.33 bits per heavy atom. The van der Waals surface area contributed by atoms with Crippen molar-refractivity contribution in [1.29, 1.82) is 0 Å². The maximum absolute atomic E-state index is 11.9. The number of alkyl halides is 3. The number of likely N-dealkylation sites (N-methyl/N-ethyl adjacent to an activating group) is 1. The van der Waals surface area contributed by atoms with Crippen molar-refractivity contribution in [3.63, 3.8) is 0 Å². The minimum atomic E-state index is -4.27. The largest absolute Gasteiger partial charge is 0.411 e. The molecule has 0 atom stereocenters. The lowest BCUT2D eigenvalue weighted by atomic mass is 10.2. The van der Waals surface area contributed by atoms with E-state index < -0.39 is 12.8 Å². The summed E-state index contributed by atoms with van der Waals surface area (Å²) in [5, 5.41) is 0. The van der Waals surface area contributed by atoms with Crippen LogP contribution < -0.4 is 10.6 Å². The minimum absolute atomic E-state index is 0.0394. The van der Waals surface area contributed by atoms with Gasteiger partial charge in [-0.1, -0.05) is 0 Å². The summed E-state index contributed by atoms with van der Waals surface area (Å²) in [6.07, 6.45) is -4.27. The molecule has 1 aromatic rings. The molecular formula is C12H17F3N2O. The third-order valence-electron chi connectivity index (χ3n) is 2.41. The molecule has 0 saturated heterocycles. The molecule has 0 saturated carbocycles. The van der Waals surface area contributed by atoms with Crippen LogP contribution in [0.3, 0.4) is 0 Å². The zero-order valence-electron chi connectivity index (χ0n) is 10.2. The summed E-state index contributed by atoms with van der Waals surface area (Å²) in [7, 11) is 0. The second-order valence-corrected chi connectivity index (χ2v) is 3.84. The number of halogens is 3. The van der Waals surface area contributed by atoms with Crippen molar-refractivity contribution < 1.29 is 17.9 Å². The van der Waals surface area contributed by atoms with E-state index in [-0.39, 0.29) is 6.61 Å². The van der Waals surface area contributed by atoms with E-state index in [0.717, 1.165) is 5.69 Å². The van der Waals surface area contributed by atoms with Crippen LogP contribution in [0.4, 0.5) is 24.5 Å². The molecule has 0 bridgehead atoms. The Labute approximate surface area is 104 Å². The van der Waals surface area contributed by atoms with Gasteiger partial charge in [-0.25, -0.2) is 0 Å². The summed E-state index contributed by atoms with van der Waals surface area (Å²) in [4.78, 5) is 1.93. The normalized spacial score (nSPS) is 11.6. The molecule has 0 spiro atoms. The van der Waals surface area contributed by atoms with Gasteiger partial charge in [-0.3, -0.25) is 0 Å². The van der Waals surface area contributed by atoms with Crippen molar-refractivity contribution in [3.8, 4) is 0 Å². The molecule has 1 rings (SSSR count). The van der Waals surface area contributed by atoms with Crippen LogP contribution in [0.25, 0.3) is 0 Å². The summed E-state index contributed by atoms with van der Waals surface area (Å²) in [6, 6.07) is 7.19. The Bertz CT molecular complexity index is 351. The predicted octanol–water partition coefficient (Wildman–Crippen LogP) is 2.67. The van der Waals surface area contributed by atoms with Gasteiger partial charge in [-0.15, -0.1) is 0 Å². The third kappa shape index (κ3) is 5.27. The van der Waals surface area contributed by atoms with Crippen LogP contribution in [-0.2, 0) is 4.74 Å². The van der Waals surface area contributed by atoms with Gasteiger partial charge in [0.25, 0.3) is 0 Å². The first-order valence-electron chi connectivity index (χ1n) is 5.67. The number of ether oxygens (including phenoxy) is 1. The fourth-order valence-corrected chi connectivity index (χ4v) is 1.52. The maximum atomic E-state index is 11.9. The van der Waals surface area contributed by atoms with E-state index in [1.807, 2.05) is 24.0 Å². The highest BCUT2D eigenvalue weighted by Gasteiger charge is 2.27. The summed E-state index contributed by atoms with van der Waals surface area (Å²) in [5.41, 5.74) is 7.14. The van der Waals surface area contributed by atoms with Gasteiger partial charge in [0, 0.05) is 24.5 Å². The zero-order valence-corrected chi connectivity index (χ0v) is 10.2. The maximum Gasteiger partial charge on any atom is 0.411 e. The Morgan fingerprint density at radius 2 is 1.83 bits per heavy atom. The molecule has 0 fully saturated rings. The fraction of sp³-hybridized carbons (Fsp3) is 0.500. The van der Waals surface area contributed by atoms with E-state index in [2.05, 4.69) is 4.74 Å². The minimum Gasteiger partial charge on any atom is -0.399 e. The average molecular weight is 262 g/mol. The van der Waals surface area contributed by atoms with Crippen molar-refractivity contribution in [2.75, 3.05) is 36.9 Å². The van der Waals surface area contributed by atoms with Crippen LogP contribution in [-0.4, -0.2) is 32.5 Å². The van der Waals surface area contributed by atoms with Crippen molar-refractivity contribution in [1.82, 2.24) is 0 Å². The number of anilines is 2. The summed E-state index contributed by atoms with van der Waals surface area (Å²) in [6.45, 7) is 1.87. The lowest BCUT2D eigenvalue weighted by Gasteiger charge is -2.23. The highest BCUT2D eigenvalue weighted by Crippen LogP contribution is 2.17. The van der Waals surface area contributed by atoms with E-state index in [0.29, 0.717) is 18.8 Å². The topological polar surface area (TPSA) is 38.5 Å². The molecule has 6 heteroatoms. The number of nitrogens with two attached hydrogens (primary N) is 1. The summed E-state index contributed by atoms with van der Waals surface area (Å²) < 4.78 is 40.2. The second kappa shape index (κ2) is 6.49. The molecule has 0 amide bonds. The van der Waals surface area contributed by atoms with Crippen LogP contribution in [0.15, 0.2) is 24.3 Å². The van der Waals surface area contributed by atoms with Crippen molar-refractivity contribution in [2.24, 2.45) is 0 Å². The lowest BCUT2D eigenvalue weighted by molar-refractivity contribution is -0.173. The van der Waals surface area contributed by atoms with Gasteiger partial charge in [0.1, 0.15) is 6.61 Å². The zero-order chi connectivity index (χ0) is 13.6. The highest BCUT2D eigenvalue weighted by molar-refractivity contribution is 5.52. The van der Waals surface area contributed by atoms with E-state index >= 15 is 0 Å². The SMILES string of the molecule is CCN(CCOCC(F)(F)F)c1ccc(N)cc1. The third-order valence-corrected chi connectivity index (χ3v) is 2.41. The smallest absolute Gasteiger partial charge is 0.399 e. The molecule has 1 aromatic carbocycles. The monoisotopic (exact) mass is 262 g/mol. The molecule has 3 nitrogen and oxygen atoms in total. The Balaban J connectivity index is 2.40. The second-order valence-electron chi connectivity index (χ2n) is 3.84. The van der Waals surface area contributed by atoms with Gasteiger partial charge >= 0.3 is 6.18 Å². The van der Waals surface area contributed by atoms with Gasteiger partial charge in [-0.05, 0) is 31.2 Å². The number of hydrogen-bond acceptors (Lipinski definition) is 3. The van der Waals surface area contributed by atoms with Crippen LogP contribution in [0.1, 0.15) is 6.92 Å². The first kappa shape index (κ1) is 14.6. The van der Waals surface area contributed by atoms with Crippen molar-refractivity contribution in [2.45, 2.75) is 13.1 Å². The van der Waals surface area contributed by atoms with Gasteiger partial charge in [0.15, 0.2) is 0 Å².